The van der Waals surface area contributed by atoms with Crippen LogP contribution in [0.3, 0.4) is 0 Å². The van der Waals surface area contributed by atoms with Crippen LogP contribution in [-0.4, -0.2) is 57.6 Å². The molecule has 1 aliphatic rings. The number of aryl methyl sites for hydroxylation is 1. The van der Waals surface area contributed by atoms with Crippen LogP contribution in [0.1, 0.15) is 35.2 Å². The van der Waals surface area contributed by atoms with Gasteiger partial charge in [0.15, 0.2) is 0 Å². The second kappa shape index (κ2) is 11.7. The number of hydrogen-bond acceptors (Lipinski definition) is 6. The summed E-state index contributed by atoms with van der Waals surface area (Å²) in [6, 6.07) is 9.91. The zero-order valence-electron chi connectivity index (χ0n) is 21.2. The minimum atomic E-state index is -1.46. The van der Waals surface area contributed by atoms with Crippen LogP contribution in [0.4, 0.5) is 4.39 Å². The van der Waals surface area contributed by atoms with Gasteiger partial charge in [0.25, 0.3) is 0 Å². The van der Waals surface area contributed by atoms with Crippen LogP contribution in [-0.2, 0) is 33.9 Å². The number of aliphatic hydroxyl groups is 1. The highest BCUT2D eigenvalue weighted by atomic mass is 19.1. The van der Waals surface area contributed by atoms with Gasteiger partial charge in [0.05, 0.1) is 25.2 Å². The van der Waals surface area contributed by atoms with Crippen molar-refractivity contribution in [3.05, 3.63) is 70.7 Å². The maximum absolute atomic E-state index is 13.8. The van der Waals surface area contributed by atoms with Crippen molar-refractivity contribution in [2.75, 3.05) is 6.54 Å². The molecule has 11 heteroatoms. The largest absolute Gasteiger partial charge is 0.377 e. The number of nitrogens with one attached hydrogen (secondary N) is 3. The summed E-state index contributed by atoms with van der Waals surface area (Å²) in [4.78, 5) is 43.3. The van der Waals surface area contributed by atoms with Crippen molar-refractivity contribution < 1.29 is 23.9 Å². The third-order valence-corrected chi connectivity index (χ3v) is 6.92. The van der Waals surface area contributed by atoms with Crippen molar-refractivity contribution in [3.8, 4) is 0 Å². The number of hydrogen-bond donors (Lipinski definition) is 6. The first kappa shape index (κ1) is 27.2. The Morgan fingerprint density at radius 2 is 1.87 bits per heavy atom. The average Bonchev–Trinajstić information content (AvgIpc) is 3.19. The molecule has 0 saturated carbocycles. The number of carbonyl (C=O) groups is 3. The standard InChI is InChI=1S/C27H33FN6O4/c1-15-19-11-18(28)5-6-21(19)33-22(15)14-34-23(26(30)37)7-8-24(35)31-12-17-4-2-3-16(9-17)10-20(29)27(38)32-13-25(34)36/h2-6,9,11,20,23,26,33,37H,7-8,10,12-14,29-30H2,1H3,(H,31,35)(H,32,38)/t20?,23-,26?/m0/s1. The zero-order valence-corrected chi connectivity index (χ0v) is 21.2. The van der Waals surface area contributed by atoms with E-state index in [4.69, 9.17) is 11.5 Å². The van der Waals surface area contributed by atoms with E-state index in [1.54, 1.807) is 13.0 Å². The molecule has 0 fully saturated rings. The van der Waals surface area contributed by atoms with Crippen LogP contribution >= 0.6 is 0 Å². The molecular formula is C27H33FN6O4. The lowest BCUT2D eigenvalue weighted by Gasteiger charge is -2.34. The van der Waals surface area contributed by atoms with E-state index in [9.17, 15) is 23.9 Å². The third-order valence-electron chi connectivity index (χ3n) is 6.92. The molecule has 4 rings (SSSR count). The van der Waals surface area contributed by atoms with Gasteiger partial charge in [-0.05, 0) is 54.7 Å². The fraction of sp³-hybridized carbons (Fsp3) is 0.370. The Hall–Kier alpha value is -3.80. The Morgan fingerprint density at radius 1 is 1.11 bits per heavy atom. The van der Waals surface area contributed by atoms with Crippen LogP contribution < -0.4 is 22.1 Å². The average molecular weight is 525 g/mol. The van der Waals surface area contributed by atoms with Crippen molar-refractivity contribution in [2.24, 2.45) is 11.5 Å². The summed E-state index contributed by atoms with van der Waals surface area (Å²) in [7, 11) is 0. The lowest BCUT2D eigenvalue weighted by atomic mass is 10.0. The maximum atomic E-state index is 13.8. The van der Waals surface area contributed by atoms with Crippen LogP contribution in [0.15, 0.2) is 42.5 Å². The van der Waals surface area contributed by atoms with Gasteiger partial charge < -0.3 is 37.1 Å². The highest BCUT2D eigenvalue weighted by molar-refractivity contribution is 5.88. The topological polar surface area (TPSA) is 167 Å². The number of benzene rings is 2. The van der Waals surface area contributed by atoms with Gasteiger partial charge in [-0.3, -0.25) is 14.4 Å². The number of H-pyrrole nitrogens is 1. The van der Waals surface area contributed by atoms with E-state index < -0.39 is 35.9 Å². The predicted molar refractivity (Wildman–Crippen MR) is 140 cm³/mol. The fourth-order valence-corrected chi connectivity index (χ4v) is 4.76. The minimum Gasteiger partial charge on any atom is -0.377 e. The van der Waals surface area contributed by atoms with Crippen molar-refractivity contribution in [1.29, 1.82) is 0 Å². The Bertz CT molecular complexity index is 1340. The fourth-order valence-electron chi connectivity index (χ4n) is 4.76. The SMILES string of the molecule is Cc1c(CN2C(=O)CNC(=O)C(N)Cc3cccc(c3)CNC(=O)CC[C@H]2C(N)O)[nH]c2ccc(F)cc12. The second-order valence-electron chi connectivity index (χ2n) is 9.66. The number of rotatable bonds is 3. The maximum Gasteiger partial charge on any atom is 0.242 e. The number of aromatic amines is 1. The van der Waals surface area contributed by atoms with Gasteiger partial charge in [-0.1, -0.05) is 24.3 Å². The van der Waals surface area contributed by atoms with Gasteiger partial charge in [0.1, 0.15) is 12.0 Å². The minimum absolute atomic E-state index is 0.00595. The number of amides is 3. The molecule has 3 aromatic rings. The quantitative estimate of drug-likeness (QED) is 0.276. The number of aromatic nitrogens is 1. The number of aliphatic hydroxyl groups excluding tert-OH is 1. The number of carbonyl (C=O) groups excluding carboxylic acids is 3. The van der Waals surface area contributed by atoms with Crippen LogP contribution in [0, 0.1) is 12.7 Å². The van der Waals surface area contributed by atoms with Crippen molar-refractivity contribution >= 4 is 28.6 Å². The zero-order chi connectivity index (χ0) is 27.4. The van der Waals surface area contributed by atoms with E-state index in [0.29, 0.717) is 16.6 Å². The molecule has 10 nitrogen and oxygen atoms in total. The molecule has 3 atom stereocenters. The van der Waals surface area contributed by atoms with Crippen LogP contribution in [0.25, 0.3) is 10.9 Å². The molecule has 3 amide bonds. The highest BCUT2D eigenvalue weighted by Gasteiger charge is 2.30. The lowest BCUT2D eigenvalue weighted by molar-refractivity contribution is -0.138. The Labute approximate surface area is 219 Å². The predicted octanol–water partition coefficient (Wildman–Crippen LogP) is 0.686. The first-order chi connectivity index (χ1) is 18.1. The van der Waals surface area contributed by atoms with E-state index in [1.165, 1.54) is 17.0 Å². The molecule has 0 spiro atoms. The highest BCUT2D eigenvalue weighted by Crippen LogP contribution is 2.25. The molecule has 0 aliphatic carbocycles. The smallest absolute Gasteiger partial charge is 0.242 e. The first-order valence-corrected chi connectivity index (χ1v) is 12.5. The molecule has 0 radical (unpaired) electrons. The van der Waals surface area contributed by atoms with Gasteiger partial charge in [-0.2, -0.15) is 0 Å². The summed E-state index contributed by atoms with van der Waals surface area (Å²) in [6.07, 6.45) is -1.12. The Kier molecular flexibility index (Phi) is 8.40. The van der Waals surface area contributed by atoms with E-state index in [0.717, 1.165) is 16.7 Å². The molecule has 38 heavy (non-hydrogen) atoms. The summed E-state index contributed by atoms with van der Waals surface area (Å²) >= 11 is 0. The van der Waals surface area contributed by atoms with Gasteiger partial charge in [0, 0.05) is 29.6 Å². The summed E-state index contributed by atoms with van der Waals surface area (Å²) in [5.74, 6) is -1.66. The van der Waals surface area contributed by atoms with Crippen molar-refractivity contribution in [1.82, 2.24) is 20.5 Å². The molecule has 2 aromatic carbocycles. The molecule has 202 valence electrons. The third kappa shape index (κ3) is 6.36. The molecular weight excluding hydrogens is 491 g/mol. The normalized spacial score (nSPS) is 20.8. The number of halogens is 1. The summed E-state index contributed by atoms with van der Waals surface area (Å²) in [6.45, 7) is 1.69. The molecule has 1 aliphatic heterocycles. The monoisotopic (exact) mass is 524 g/mol. The number of fused-ring (bicyclic) bond motifs is 3. The first-order valence-electron chi connectivity index (χ1n) is 12.5. The number of nitrogens with zero attached hydrogens (tertiary/aromatic N) is 1. The van der Waals surface area contributed by atoms with Gasteiger partial charge in [-0.25, -0.2) is 4.39 Å². The summed E-state index contributed by atoms with van der Waals surface area (Å²) < 4.78 is 13.8. The Balaban J connectivity index is 1.63. The van der Waals surface area contributed by atoms with Gasteiger partial charge in [-0.15, -0.1) is 0 Å². The van der Waals surface area contributed by atoms with E-state index in [-0.39, 0.29) is 44.8 Å². The molecule has 1 aromatic heterocycles. The van der Waals surface area contributed by atoms with Gasteiger partial charge in [0.2, 0.25) is 17.7 Å². The molecule has 2 bridgehead atoms. The second-order valence-corrected chi connectivity index (χ2v) is 9.66. The molecule has 2 heterocycles. The van der Waals surface area contributed by atoms with Crippen molar-refractivity contribution in [3.63, 3.8) is 0 Å². The molecule has 0 saturated heterocycles. The lowest BCUT2D eigenvalue weighted by Crippen LogP contribution is -2.54. The molecule has 8 N–H and O–H groups in total. The molecule has 2 unspecified atom stereocenters. The van der Waals surface area contributed by atoms with Gasteiger partial charge >= 0.3 is 0 Å². The van der Waals surface area contributed by atoms with E-state index in [2.05, 4.69) is 15.6 Å². The Morgan fingerprint density at radius 3 is 2.63 bits per heavy atom. The van der Waals surface area contributed by atoms with E-state index in [1.807, 2.05) is 24.3 Å². The van der Waals surface area contributed by atoms with Crippen molar-refractivity contribution in [2.45, 2.75) is 57.6 Å². The van der Waals surface area contributed by atoms with Crippen LogP contribution in [0.2, 0.25) is 0 Å². The van der Waals surface area contributed by atoms with Crippen LogP contribution in [0.5, 0.6) is 0 Å². The number of nitrogens with two attached hydrogens (primary N) is 2. The summed E-state index contributed by atoms with van der Waals surface area (Å²) in [5, 5.41) is 16.5. The summed E-state index contributed by atoms with van der Waals surface area (Å²) in [5.41, 5.74) is 15.7. The van der Waals surface area contributed by atoms with E-state index >= 15 is 0 Å².